The van der Waals surface area contributed by atoms with E-state index in [-0.39, 0.29) is 17.5 Å². The molecule has 0 aromatic heterocycles. The number of nitro benzene ring substituents is 1. The fourth-order valence-electron chi connectivity index (χ4n) is 4.02. The highest BCUT2D eigenvalue weighted by Gasteiger charge is 2.35. The van der Waals surface area contributed by atoms with Crippen LogP contribution in [0.1, 0.15) is 25.3 Å². The largest absolute Gasteiger partial charge is 0.416 e. The molecule has 0 bridgehead atoms. The van der Waals surface area contributed by atoms with Crippen LogP contribution in [0.4, 0.5) is 24.5 Å². The Balaban J connectivity index is 1.65. The maximum Gasteiger partial charge on any atom is 0.416 e. The van der Waals surface area contributed by atoms with Crippen molar-refractivity contribution >= 4 is 17.3 Å². The van der Waals surface area contributed by atoms with Crippen molar-refractivity contribution in [2.45, 2.75) is 25.9 Å². The van der Waals surface area contributed by atoms with E-state index in [1.165, 1.54) is 0 Å². The van der Waals surface area contributed by atoms with E-state index < -0.39 is 22.4 Å². The normalized spacial score (nSPS) is 19.4. The number of halogens is 3. The fourth-order valence-corrected chi connectivity index (χ4v) is 4.02. The third-order valence-electron chi connectivity index (χ3n) is 5.82. The van der Waals surface area contributed by atoms with Crippen molar-refractivity contribution in [3.8, 4) is 0 Å². The number of hydrogen-bond donors (Lipinski definition) is 0. The van der Waals surface area contributed by atoms with Gasteiger partial charge in [-0.25, -0.2) is 0 Å². The number of piperazine rings is 1. The number of benzene rings is 1. The summed E-state index contributed by atoms with van der Waals surface area (Å²) in [6, 6.07) is 2.61. The SMILES string of the molecule is CCN1CCN(C(=O)C2CCN(c3ccc(C(F)(F)F)cc3[N+](=O)[O-])CC2)CC1. The van der Waals surface area contributed by atoms with E-state index in [4.69, 9.17) is 0 Å². The first-order valence-electron chi connectivity index (χ1n) is 9.82. The van der Waals surface area contributed by atoms with E-state index in [2.05, 4.69) is 11.8 Å². The average molecular weight is 414 g/mol. The zero-order chi connectivity index (χ0) is 21.2. The Morgan fingerprint density at radius 1 is 1.14 bits per heavy atom. The lowest BCUT2D eigenvalue weighted by molar-refractivity contribution is -0.384. The second kappa shape index (κ2) is 8.56. The van der Waals surface area contributed by atoms with Gasteiger partial charge in [-0.05, 0) is 31.5 Å². The van der Waals surface area contributed by atoms with Gasteiger partial charge < -0.3 is 14.7 Å². The molecular weight excluding hydrogens is 389 g/mol. The molecule has 0 atom stereocenters. The molecule has 2 fully saturated rings. The Bertz CT molecular complexity index is 756. The van der Waals surface area contributed by atoms with Crippen LogP contribution in [-0.4, -0.2) is 66.4 Å². The predicted molar refractivity (Wildman–Crippen MR) is 102 cm³/mol. The molecule has 0 N–H and O–H groups in total. The molecule has 0 aliphatic carbocycles. The molecule has 0 saturated carbocycles. The van der Waals surface area contributed by atoms with Gasteiger partial charge in [0.25, 0.3) is 5.69 Å². The van der Waals surface area contributed by atoms with Crippen molar-refractivity contribution in [2.24, 2.45) is 5.92 Å². The molecular formula is C19H25F3N4O3. The van der Waals surface area contributed by atoms with E-state index in [1.807, 2.05) is 4.90 Å². The summed E-state index contributed by atoms with van der Waals surface area (Å²) in [5, 5.41) is 11.3. The lowest BCUT2D eigenvalue weighted by atomic mass is 9.94. The molecule has 1 aromatic carbocycles. The van der Waals surface area contributed by atoms with E-state index >= 15 is 0 Å². The first-order chi connectivity index (χ1) is 13.7. The Hall–Kier alpha value is -2.36. The first-order valence-corrected chi connectivity index (χ1v) is 9.82. The van der Waals surface area contributed by atoms with Crippen molar-refractivity contribution in [3.05, 3.63) is 33.9 Å². The van der Waals surface area contributed by atoms with E-state index in [0.717, 1.165) is 31.8 Å². The topological polar surface area (TPSA) is 69.9 Å². The number of likely N-dealkylation sites (N-methyl/N-ethyl adjacent to an activating group) is 1. The van der Waals surface area contributed by atoms with E-state index in [1.54, 1.807) is 4.90 Å². The van der Waals surface area contributed by atoms with Gasteiger partial charge in [-0.2, -0.15) is 13.2 Å². The third kappa shape index (κ3) is 4.80. The summed E-state index contributed by atoms with van der Waals surface area (Å²) in [5.74, 6) is -0.0322. The van der Waals surface area contributed by atoms with Crippen molar-refractivity contribution in [3.63, 3.8) is 0 Å². The van der Waals surface area contributed by atoms with Gasteiger partial charge in [-0.15, -0.1) is 0 Å². The molecule has 29 heavy (non-hydrogen) atoms. The van der Waals surface area contributed by atoms with Gasteiger partial charge in [0.15, 0.2) is 0 Å². The number of nitro groups is 1. The van der Waals surface area contributed by atoms with Crippen molar-refractivity contribution in [1.29, 1.82) is 0 Å². The second-order valence-electron chi connectivity index (χ2n) is 7.48. The lowest BCUT2D eigenvalue weighted by Gasteiger charge is -2.38. The zero-order valence-corrected chi connectivity index (χ0v) is 16.3. The van der Waals surface area contributed by atoms with Crippen LogP contribution in [0.15, 0.2) is 18.2 Å². The fraction of sp³-hybridized carbons (Fsp3) is 0.632. The first kappa shape index (κ1) is 21.4. The molecule has 0 spiro atoms. The molecule has 0 unspecified atom stereocenters. The number of piperidine rings is 1. The molecule has 3 rings (SSSR count). The van der Waals surface area contributed by atoms with Gasteiger partial charge in [0.1, 0.15) is 5.69 Å². The summed E-state index contributed by atoms with van der Waals surface area (Å²) in [6.07, 6.45) is -3.57. The quantitative estimate of drug-likeness (QED) is 0.560. The van der Waals surface area contributed by atoms with Crippen LogP contribution >= 0.6 is 0 Å². The highest BCUT2D eigenvalue weighted by molar-refractivity contribution is 5.79. The Morgan fingerprint density at radius 3 is 2.28 bits per heavy atom. The lowest BCUT2D eigenvalue weighted by Crippen LogP contribution is -2.51. The highest BCUT2D eigenvalue weighted by atomic mass is 19.4. The molecule has 2 aliphatic rings. The van der Waals surface area contributed by atoms with Crippen LogP contribution < -0.4 is 4.90 Å². The molecule has 7 nitrogen and oxygen atoms in total. The minimum absolute atomic E-state index is 0.113. The number of amides is 1. The van der Waals surface area contributed by atoms with Crippen LogP contribution in [0.5, 0.6) is 0 Å². The standard InChI is InChI=1S/C19H25F3N4O3/c1-2-23-9-11-25(12-10-23)18(27)14-5-7-24(8-6-14)16-4-3-15(19(20,21)22)13-17(16)26(28)29/h3-4,13-14H,2,5-12H2,1H3. The van der Waals surface area contributed by atoms with Crippen LogP contribution in [0.3, 0.4) is 0 Å². The Morgan fingerprint density at radius 2 is 1.76 bits per heavy atom. The van der Waals surface area contributed by atoms with Gasteiger partial charge in [-0.1, -0.05) is 6.92 Å². The molecule has 2 saturated heterocycles. The minimum atomic E-state index is -4.63. The van der Waals surface area contributed by atoms with Crippen LogP contribution in [-0.2, 0) is 11.0 Å². The zero-order valence-electron chi connectivity index (χ0n) is 16.3. The number of nitrogens with zero attached hydrogens (tertiary/aromatic N) is 4. The monoisotopic (exact) mass is 414 g/mol. The van der Waals surface area contributed by atoms with E-state index in [9.17, 15) is 28.1 Å². The Labute approximate surface area is 167 Å². The summed E-state index contributed by atoms with van der Waals surface area (Å²) in [6.45, 7) is 6.99. The number of carbonyl (C=O) groups is 1. The maximum absolute atomic E-state index is 12.9. The summed E-state index contributed by atoms with van der Waals surface area (Å²) in [4.78, 5) is 29.2. The molecule has 1 amide bonds. The minimum Gasteiger partial charge on any atom is -0.366 e. The number of rotatable bonds is 4. The Kier molecular flexibility index (Phi) is 6.30. The average Bonchev–Trinajstić information content (AvgIpc) is 2.72. The van der Waals surface area contributed by atoms with Crippen LogP contribution in [0, 0.1) is 16.0 Å². The number of carbonyl (C=O) groups excluding carboxylic acids is 1. The second-order valence-corrected chi connectivity index (χ2v) is 7.48. The molecule has 160 valence electrons. The summed E-state index contributed by atoms with van der Waals surface area (Å²) in [7, 11) is 0. The predicted octanol–water partition coefficient (Wildman–Crippen LogP) is 2.99. The summed E-state index contributed by atoms with van der Waals surface area (Å²) < 4.78 is 38.7. The number of alkyl halides is 3. The molecule has 2 aliphatic heterocycles. The third-order valence-corrected chi connectivity index (χ3v) is 5.82. The molecule has 0 radical (unpaired) electrons. The van der Waals surface area contributed by atoms with Gasteiger partial charge in [0.2, 0.25) is 5.91 Å². The molecule has 10 heteroatoms. The number of anilines is 1. The smallest absolute Gasteiger partial charge is 0.366 e. The van der Waals surface area contributed by atoms with Crippen molar-refractivity contribution < 1.29 is 22.9 Å². The van der Waals surface area contributed by atoms with E-state index in [0.29, 0.717) is 45.1 Å². The van der Waals surface area contributed by atoms with Gasteiger partial charge in [0.05, 0.1) is 10.5 Å². The van der Waals surface area contributed by atoms with Crippen LogP contribution in [0.25, 0.3) is 0 Å². The van der Waals surface area contributed by atoms with Crippen LogP contribution in [0.2, 0.25) is 0 Å². The van der Waals surface area contributed by atoms with Gasteiger partial charge in [-0.3, -0.25) is 14.9 Å². The van der Waals surface area contributed by atoms with Gasteiger partial charge in [0, 0.05) is 51.3 Å². The highest BCUT2D eigenvalue weighted by Crippen LogP contribution is 2.37. The number of hydrogen-bond acceptors (Lipinski definition) is 5. The molecule has 1 aromatic rings. The molecule has 2 heterocycles. The summed E-state index contributed by atoms with van der Waals surface area (Å²) >= 11 is 0. The summed E-state index contributed by atoms with van der Waals surface area (Å²) in [5.41, 5.74) is -1.42. The van der Waals surface area contributed by atoms with Crippen molar-refractivity contribution in [1.82, 2.24) is 9.80 Å². The van der Waals surface area contributed by atoms with Gasteiger partial charge >= 0.3 is 6.18 Å². The maximum atomic E-state index is 12.9. The van der Waals surface area contributed by atoms with Crippen molar-refractivity contribution in [2.75, 3.05) is 50.7 Å².